The molecule has 0 saturated carbocycles. The Balaban J connectivity index is 1.56. The number of benzene rings is 3. The minimum absolute atomic E-state index is 0.0806. The van der Waals surface area contributed by atoms with Crippen molar-refractivity contribution in [3.63, 3.8) is 0 Å². The van der Waals surface area contributed by atoms with Gasteiger partial charge in [-0.15, -0.1) is 0 Å². The first-order valence-electron chi connectivity index (χ1n) is 8.56. The molecule has 0 unspecified atom stereocenters. The van der Waals surface area contributed by atoms with Crippen molar-refractivity contribution in [1.82, 2.24) is 10.6 Å². The number of thiocarbonyl (C=S) groups is 1. The molecule has 0 atom stereocenters. The van der Waals surface area contributed by atoms with Gasteiger partial charge in [0.1, 0.15) is 5.82 Å². The van der Waals surface area contributed by atoms with Crippen molar-refractivity contribution >= 4 is 43.8 Å². The van der Waals surface area contributed by atoms with Crippen LogP contribution in [0.25, 0.3) is 10.8 Å². The number of anilines is 1. The Kier molecular flexibility index (Phi) is 6.11. The number of fused-ring (bicyclic) bond motifs is 1. The maximum absolute atomic E-state index is 14.0. The van der Waals surface area contributed by atoms with E-state index in [2.05, 4.69) is 33.6 Å². The summed E-state index contributed by atoms with van der Waals surface area (Å²) in [6.07, 6.45) is 0.974. The number of halogens is 1. The Morgan fingerprint density at radius 3 is 2.46 bits per heavy atom. The Bertz CT molecular complexity index is 1110. The van der Waals surface area contributed by atoms with Crippen LogP contribution in [0.1, 0.15) is 11.1 Å². The fourth-order valence-electron chi connectivity index (χ4n) is 2.82. The van der Waals surface area contributed by atoms with Gasteiger partial charge in [-0.05, 0) is 46.2 Å². The maximum atomic E-state index is 14.0. The summed E-state index contributed by atoms with van der Waals surface area (Å²) < 4.78 is 38.6. The fourth-order valence-corrected chi connectivity index (χ4v) is 3.53. The van der Waals surface area contributed by atoms with E-state index in [0.717, 1.165) is 17.2 Å². The quantitative estimate of drug-likeness (QED) is 0.536. The molecule has 0 fully saturated rings. The predicted molar refractivity (Wildman–Crippen MR) is 115 cm³/mol. The summed E-state index contributed by atoms with van der Waals surface area (Å²) >= 11 is 5.30. The second-order valence-corrected chi connectivity index (χ2v) is 8.52. The summed E-state index contributed by atoms with van der Waals surface area (Å²) in [6, 6.07) is 18.5. The van der Waals surface area contributed by atoms with Crippen molar-refractivity contribution in [2.24, 2.45) is 0 Å². The molecule has 3 N–H and O–H groups in total. The minimum atomic E-state index is -3.52. The average Bonchev–Trinajstić information content (AvgIpc) is 2.65. The van der Waals surface area contributed by atoms with E-state index in [4.69, 9.17) is 12.2 Å². The highest BCUT2D eigenvalue weighted by Crippen LogP contribution is 2.18. The minimum Gasteiger partial charge on any atom is -0.359 e. The fraction of sp³-hybridized carbons (Fsp3) is 0.150. The smallest absolute Gasteiger partial charge is 0.229 e. The van der Waals surface area contributed by atoms with E-state index in [-0.39, 0.29) is 5.69 Å². The molecule has 0 aliphatic carbocycles. The van der Waals surface area contributed by atoms with Gasteiger partial charge in [-0.25, -0.2) is 12.8 Å². The van der Waals surface area contributed by atoms with Crippen LogP contribution in [-0.2, 0) is 23.1 Å². The lowest BCUT2D eigenvalue weighted by atomic mass is 10.0. The van der Waals surface area contributed by atoms with E-state index in [1.807, 2.05) is 24.3 Å². The second kappa shape index (κ2) is 8.53. The van der Waals surface area contributed by atoms with Crippen molar-refractivity contribution in [1.29, 1.82) is 0 Å². The highest BCUT2D eigenvalue weighted by molar-refractivity contribution is 7.92. The Labute approximate surface area is 169 Å². The van der Waals surface area contributed by atoms with Crippen LogP contribution < -0.4 is 15.4 Å². The van der Waals surface area contributed by atoms with Gasteiger partial charge in [0, 0.05) is 13.1 Å². The third kappa shape index (κ3) is 5.40. The molecule has 0 aliphatic rings. The van der Waals surface area contributed by atoms with Crippen LogP contribution in [0.4, 0.5) is 10.1 Å². The Morgan fingerprint density at radius 2 is 1.71 bits per heavy atom. The van der Waals surface area contributed by atoms with Gasteiger partial charge in [0.2, 0.25) is 10.0 Å². The molecule has 0 heterocycles. The average molecular weight is 418 g/mol. The highest BCUT2D eigenvalue weighted by Gasteiger charge is 2.08. The number of rotatable bonds is 6. The topological polar surface area (TPSA) is 70.2 Å². The van der Waals surface area contributed by atoms with Gasteiger partial charge in [0.05, 0.1) is 11.9 Å². The third-order valence-electron chi connectivity index (χ3n) is 4.10. The summed E-state index contributed by atoms with van der Waals surface area (Å²) in [5.41, 5.74) is 1.69. The lowest BCUT2D eigenvalue weighted by molar-refractivity contribution is 0.603. The predicted octanol–water partition coefficient (Wildman–Crippen LogP) is 3.51. The van der Waals surface area contributed by atoms with E-state index in [1.54, 1.807) is 6.07 Å². The molecule has 146 valence electrons. The van der Waals surface area contributed by atoms with E-state index in [1.165, 1.54) is 17.5 Å². The molecule has 0 aromatic heterocycles. The lowest BCUT2D eigenvalue weighted by Gasteiger charge is -2.13. The van der Waals surface area contributed by atoms with Crippen LogP contribution in [0.15, 0.2) is 60.7 Å². The van der Waals surface area contributed by atoms with E-state index < -0.39 is 15.8 Å². The Hall–Kier alpha value is -2.71. The first-order valence-corrected chi connectivity index (χ1v) is 10.9. The monoisotopic (exact) mass is 417 g/mol. The second-order valence-electron chi connectivity index (χ2n) is 6.36. The molecular weight excluding hydrogens is 397 g/mol. The summed E-state index contributed by atoms with van der Waals surface area (Å²) in [5, 5.41) is 8.96. The molecule has 3 rings (SSSR count). The van der Waals surface area contributed by atoms with Gasteiger partial charge in [-0.1, -0.05) is 48.5 Å². The molecule has 8 heteroatoms. The largest absolute Gasteiger partial charge is 0.359 e. The van der Waals surface area contributed by atoms with Gasteiger partial charge in [0.15, 0.2) is 5.11 Å². The molecule has 0 aliphatic heterocycles. The molecule has 3 aromatic carbocycles. The van der Waals surface area contributed by atoms with Crippen LogP contribution in [0, 0.1) is 5.82 Å². The number of hydrogen-bond acceptors (Lipinski definition) is 3. The van der Waals surface area contributed by atoms with Crippen LogP contribution in [0.2, 0.25) is 0 Å². The van der Waals surface area contributed by atoms with E-state index >= 15 is 0 Å². The van der Waals surface area contributed by atoms with Crippen LogP contribution in [0.3, 0.4) is 0 Å². The molecule has 28 heavy (non-hydrogen) atoms. The summed E-state index contributed by atoms with van der Waals surface area (Å²) in [5.74, 6) is -0.639. The van der Waals surface area contributed by atoms with E-state index in [9.17, 15) is 12.8 Å². The van der Waals surface area contributed by atoms with Gasteiger partial charge < -0.3 is 10.6 Å². The third-order valence-corrected chi connectivity index (χ3v) is 4.98. The molecule has 0 radical (unpaired) electrons. The van der Waals surface area contributed by atoms with Gasteiger partial charge in [0.25, 0.3) is 0 Å². The standard InChI is InChI=1S/C20H20FN3O2S2/c1-28(25,26)24-19-10-9-14(11-18(19)21)12-22-20(27)23-13-16-7-4-6-15-5-2-3-8-17(15)16/h2-11,24H,12-13H2,1H3,(H2,22,23,27). The van der Waals surface area contributed by atoms with Gasteiger partial charge in [-0.3, -0.25) is 4.72 Å². The SMILES string of the molecule is CS(=O)(=O)Nc1ccc(CNC(=S)NCc2cccc3ccccc23)cc1F. The van der Waals surface area contributed by atoms with Crippen molar-refractivity contribution in [3.8, 4) is 0 Å². The molecule has 3 aromatic rings. The molecule has 0 saturated heterocycles. The van der Waals surface area contributed by atoms with Crippen LogP contribution in [0.5, 0.6) is 0 Å². The van der Waals surface area contributed by atoms with Gasteiger partial charge >= 0.3 is 0 Å². The highest BCUT2D eigenvalue weighted by atomic mass is 32.2. The first kappa shape index (κ1) is 20.0. The molecule has 0 bridgehead atoms. The number of sulfonamides is 1. The first-order chi connectivity index (χ1) is 13.3. The zero-order chi connectivity index (χ0) is 20.1. The summed E-state index contributed by atoms with van der Waals surface area (Å²) in [7, 11) is -3.52. The van der Waals surface area contributed by atoms with E-state index in [0.29, 0.717) is 23.8 Å². The molecule has 0 amide bonds. The van der Waals surface area contributed by atoms with Crippen molar-refractivity contribution in [2.75, 3.05) is 11.0 Å². The molecule has 0 spiro atoms. The lowest BCUT2D eigenvalue weighted by Crippen LogP contribution is -2.34. The normalized spacial score (nSPS) is 11.2. The zero-order valence-electron chi connectivity index (χ0n) is 15.2. The molecule has 5 nitrogen and oxygen atoms in total. The van der Waals surface area contributed by atoms with Crippen molar-refractivity contribution in [3.05, 3.63) is 77.6 Å². The summed E-state index contributed by atoms with van der Waals surface area (Å²) in [6.45, 7) is 0.885. The molecular formula is C20H20FN3O2S2. The summed E-state index contributed by atoms with van der Waals surface area (Å²) in [4.78, 5) is 0. The maximum Gasteiger partial charge on any atom is 0.229 e. The van der Waals surface area contributed by atoms with Crippen LogP contribution in [-0.4, -0.2) is 19.8 Å². The number of hydrogen-bond donors (Lipinski definition) is 3. The van der Waals surface area contributed by atoms with Crippen molar-refractivity contribution < 1.29 is 12.8 Å². The van der Waals surface area contributed by atoms with Gasteiger partial charge in [-0.2, -0.15) is 0 Å². The van der Waals surface area contributed by atoms with Crippen molar-refractivity contribution in [2.45, 2.75) is 13.1 Å². The van der Waals surface area contributed by atoms with Crippen LogP contribution >= 0.6 is 12.2 Å². The Morgan fingerprint density at radius 1 is 1.00 bits per heavy atom. The zero-order valence-corrected chi connectivity index (χ0v) is 16.8. The number of nitrogens with one attached hydrogen (secondary N) is 3.